The topological polar surface area (TPSA) is 79.1 Å². The Morgan fingerprint density at radius 1 is 0.964 bits per heavy atom. The largest absolute Gasteiger partial charge is 0.493 e. The van der Waals surface area contributed by atoms with Crippen LogP contribution >= 0.6 is 11.3 Å². The Labute approximate surface area is 163 Å². The van der Waals surface area contributed by atoms with Gasteiger partial charge in [0.1, 0.15) is 0 Å². The van der Waals surface area contributed by atoms with Crippen LogP contribution in [0.1, 0.15) is 5.56 Å². The molecule has 0 aliphatic rings. The van der Waals surface area contributed by atoms with Crippen LogP contribution in [0.5, 0.6) is 17.2 Å². The predicted octanol–water partition coefficient (Wildman–Crippen LogP) is 1.84. The van der Waals surface area contributed by atoms with Crippen molar-refractivity contribution >= 4 is 33.3 Å². The van der Waals surface area contributed by atoms with E-state index in [9.17, 15) is 9.59 Å². The van der Waals surface area contributed by atoms with Crippen molar-refractivity contribution in [3.05, 3.63) is 67.2 Å². The standard InChI is InChI=1S/C20H16N2O5S/c1-25-14-8-11(9-15(26-2)17(14)27-3)10-16-19(24)22-18(23)12-6-4-5-7-13(12)21-20(22)28-16/h4-10H,1-3H3. The normalized spacial score (nSPS) is 11.9. The van der Waals surface area contributed by atoms with Crippen molar-refractivity contribution in [3.63, 3.8) is 0 Å². The van der Waals surface area contributed by atoms with E-state index in [1.165, 1.54) is 21.3 Å². The number of aromatic nitrogens is 2. The van der Waals surface area contributed by atoms with Gasteiger partial charge in [0, 0.05) is 0 Å². The summed E-state index contributed by atoms with van der Waals surface area (Å²) in [7, 11) is 4.57. The number of nitrogens with zero attached hydrogens (tertiary/aromatic N) is 2. The van der Waals surface area contributed by atoms with Gasteiger partial charge in [-0.3, -0.25) is 9.59 Å². The summed E-state index contributed by atoms with van der Waals surface area (Å²) in [6.45, 7) is 0. The number of hydrogen-bond donors (Lipinski definition) is 0. The maximum atomic E-state index is 12.8. The molecule has 2 aromatic carbocycles. The summed E-state index contributed by atoms with van der Waals surface area (Å²) >= 11 is 1.16. The molecule has 0 saturated carbocycles. The van der Waals surface area contributed by atoms with Crippen molar-refractivity contribution in [2.75, 3.05) is 21.3 Å². The van der Waals surface area contributed by atoms with Gasteiger partial charge in [0.15, 0.2) is 11.5 Å². The van der Waals surface area contributed by atoms with Crippen LogP contribution in [0.2, 0.25) is 0 Å². The Bertz CT molecular complexity index is 1350. The minimum atomic E-state index is -0.406. The van der Waals surface area contributed by atoms with Gasteiger partial charge in [0.05, 0.1) is 36.8 Å². The van der Waals surface area contributed by atoms with Gasteiger partial charge in [-0.25, -0.2) is 9.38 Å². The van der Waals surface area contributed by atoms with Gasteiger partial charge in [-0.2, -0.15) is 0 Å². The molecule has 0 amide bonds. The highest BCUT2D eigenvalue weighted by atomic mass is 32.1. The van der Waals surface area contributed by atoms with Crippen LogP contribution < -0.4 is 29.9 Å². The van der Waals surface area contributed by atoms with Crippen LogP contribution in [-0.2, 0) is 0 Å². The molecule has 0 aliphatic heterocycles. The third-order valence-electron chi connectivity index (χ3n) is 4.34. The van der Waals surface area contributed by atoms with Crippen molar-refractivity contribution < 1.29 is 14.2 Å². The number of methoxy groups -OCH3 is 3. The molecule has 4 rings (SSSR count). The lowest BCUT2D eigenvalue weighted by molar-refractivity contribution is 0.324. The van der Waals surface area contributed by atoms with Crippen LogP contribution in [0.3, 0.4) is 0 Å². The molecule has 0 unspecified atom stereocenters. The van der Waals surface area contributed by atoms with Gasteiger partial charge in [-0.1, -0.05) is 23.5 Å². The fourth-order valence-corrected chi connectivity index (χ4v) is 4.01. The molecule has 0 atom stereocenters. The Morgan fingerprint density at radius 2 is 1.64 bits per heavy atom. The molecule has 28 heavy (non-hydrogen) atoms. The summed E-state index contributed by atoms with van der Waals surface area (Å²) < 4.78 is 17.5. The average Bonchev–Trinajstić information content (AvgIpc) is 3.02. The molecule has 8 heteroatoms. The molecule has 7 nitrogen and oxygen atoms in total. The summed E-state index contributed by atoms with van der Waals surface area (Å²) in [4.78, 5) is 30.4. The van der Waals surface area contributed by atoms with E-state index in [4.69, 9.17) is 14.2 Å². The number of para-hydroxylation sites is 1. The zero-order valence-electron chi connectivity index (χ0n) is 15.4. The zero-order chi connectivity index (χ0) is 19.8. The first-order chi connectivity index (χ1) is 13.6. The molecule has 0 fully saturated rings. The molecule has 4 aromatic rings. The van der Waals surface area contributed by atoms with E-state index >= 15 is 0 Å². The Balaban J connectivity index is 2.00. The lowest BCUT2D eigenvalue weighted by atomic mass is 10.1. The first-order valence-electron chi connectivity index (χ1n) is 8.33. The van der Waals surface area contributed by atoms with Crippen molar-refractivity contribution in [2.45, 2.75) is 0 Å². The second-order valence-corrected chi connectivity index (χ2v) is 6.94. The third-order valence-corrected chi connectivity index (χ3v) is 5.31. The predicted molar refractivity (Wildman–Crippen MR) is 108 cm³/mol. The molecular formula is C20H16N2O5S. The number of ether oxygens (including phenoxy) is 3. The van der Waals surface area contributed by atoms with Crippen molar-refractivity contribution in [1.29, 1.82) is 0 Å². The highest BCUT2D eigenvalue weighted by Crippen LogP contribution is 2.38. The maximum Gasteiger partial charge on any atom is 0.277 e. The van der Waals surface area contributed by atoms with Crippen LogP contribution in [0, 0.1) is 0 Å². The Hall–Kier alpha value is -3.39. The molecule has 0 N–H and O–H groups in total. The summed E-state index contributed by atoms with van der Waals surface area (Å²) in [5, 5.41) is 0.411. The SMILES string of the molecule is COc1cc(C=c2sc3nc4ccccc4c(=O)n3c2=O)cc(OC)c1OC. The minimum Gasteiger partial charge on any atom is -0.493 e. The van der Waals surface area contributed by atoms with Crippen molar-refractivity contribution in [1.82, 2.24) is 9.38 Å². The Kier molecular flexibility index (Phi) is 4.48. The van der Waals surface area contributed by atoms with Crippen LogP contribution in [0.15, 0.2) is 46.0 Å². The zero-order valence-corrected chi connectivity index (χ0v) is 16.2. The fourth-order valence-electron chi connectivity index (χ4n) is 3.04. The van der Waals surface area contributed by atoms with Crippen molar-refractivity contribution in [2.24, 2.45) is 0 Å². The van der Waals surface area contributed by atoms with E-state index < -0.39 is 5.56 Å². The molecular weight excluding hydrogens is 380 g/mol. The second kappa shape index (κ2) is 6.97. The number of rotatable bonds is 4. The highest BCUT2D eigenvalue weighted by molar-refractivity contribution is 7.15. The van der Waals surface area contributed by atoms with E-state index in [1.807, 2.05) is 0 Å². The fraction of sp³-hybridized carbons (Fsp3) is 0.150. The van der Waals surface area contributed by atoms with E-state index in [0.29, 0.717) is 43.2 Å². The quantitative estimate of drug-likeness (QED) is 0.524. The minimum absolute atomic E-state index is 0.354. The molecule has 2 heterocycles. The monoisotopic (exact) mass is 396 g/mol. The van der Waals surface area contributed by atoms with E-state index in [1.54, 1.807) is 42.5 Å². The molecule has 0 aliphatic carbocycles. The van der Waals surface area contributed by atoms with E-state index in [0.717, 1.165) is 15.7 Å². The van der Waals surface area contributed by atoms with Gasteiger partial charge in [0.2, 0.25) is 10.7 Å². The number of fused-ring (bicyclic) bond motifs is 2. The number of hydrogen-bond acceptors (Lipinski definition) is 7. The molecule has 0 radical (unpaired) electrons. The lowest BCUT2D eigenvalue weighted by Crippen LogP contribution is -2.31. The van der Waals surface area contributed by atoms with E-state index in [-0.39, 0.29) is 5.56 Å². The van der Waals surface area contributed by atoms with Crippen LogP contribution in [0.4, 0.5) is 0 Å². The van der Waals surface area contributed by atoms with Gasteiger partial charge >= 0.3 is 0 Å². The summed E-state index contributed by atoms with van der Waals surface area (Å²) in [6.07, 6.45) is 1.68. The van der Waals surface area contributed by atoms with E-state index in [2.05, 4.69) is 4.98 Å². The highest BCUT2D eigenvalue weighted by Gasteiger charge is 2.14. The first-order valence-corrected chi connectivity index (χ1v) is 9.15. The van der Waals surface area contributed by atoms with Crippen LogP contribution in [0.25, 0.3) is 21.9 Å². The molecule has 2 aromatic heterocycles. The summed E-state index contributed by atoms with van der Waals surface area (Å²) in [5.41, 5.74) is 0.465. The van der Waals surface area contributed by atoms with Gasteiger partial charge in [0.25, 0.3) is 11.1 Å². The van der Waals surface area contributed by atoms with Gasteiger partial charge in [-0.15, -0.1) is 0 Å². The lowest BCUT2D eigenvalue weighted by Gasteiger charge is -2.12. The molecule has 0 spiro atoms. The molecule has 142 valence electrons. The van der Waals surface area contributed by atoms with Gasteiger partial charge in [-0.05, 0) is 35.9 Å². The van der Waals surface area contributed by atoms with Crippen molar-refractivity contribution in [3.8, 4) is 17.2 Å². The maximum absolute atomic E-state index is 12.8. The number of benzene rings is 2. The Morgan fingerprint density at radius 3 is 2.29 bits per heavy atom. The first kappa shape index (κ1) is 18.0. The molecule has 0 saturated heterocycles. The van der Waals surface area contributed by atoms with Crippen LogP contribution in [-0.4, -0.2) is 30.7 Å². The smallest absolute Gasteiger partial charge is 0.277 e. The summed E-state index contributed by atoms with van der Waals surface area (Å²) in [5.74, 6) is 1.41. The second-order valence-electron chi connectivity index (χ2n) is 5.93. The van der Waals surface area contributed by atoms with Gasteiger partial charge < -0.3 is 14.2 Å². The number of thiazole rings is 1. The third kappa shape index (κ3) is 2.78. The average molecular weight is 396 g/mol. The molecule has 0 bridgehead atoms. The summed E-state index contributed by atoms with van der Waals surface area (Å²) in [6, 6.07) is 10.4.